The molecule has 3 aromatic rings. The molecule has 12 heteroatoms. The van der Waals surface area contributed by atoms with Crippen molar-refractivity contribution in [1.29, 1.82) is 0 Å². The van der Waals surface area contributed by atoms with E-state index in [2.05, 4.69) is 39.7 Å². The first kappa shape index (κ1) is 32.2. The Morgan fingerprint density at radius 3 is 2.67 bits per heavy atom. The van der Waals surface area contributed by atoms with Crippen LogP contribution in [-0.4, -0.2) is 82.7 Å². The lowest BCUT2D eigenvalue weighted by Crippen LogP contribution is -2.49. The third kappa shape index (κ3) is 8.12. The zero-order valence-electron chi connectivity index (χ0n) is 26.6. The normalized spacial score (nSPS) is 17.8. The van der Waals surface area contributed by atoms with Crippen LogP contribution < -0.4 is 25.6 Å². The Labute approximate surface area is 264 Å². The van der Waals surface area contributed by atoms with E-state index in [1.54, 1.807) is 12.1 Å². The summed E-state index contributed by atoms with van der Waals surface area (Å²) in [5.74, 6) is 2.65. The number of piperazine rings is 1. The van der Waals surface area contributed by atoms with Gasteiger partial charge in [0.1, 0.15) is 24.0 Å². The number of aliphatic hydroxyl groups is 1. The third-order valence-corrected chi connectivity index (χ3v) is 8.66. The maximum absolute atomic E-state index is 13.4. The molecule has 0 radical (unpaired) electrons. The van der Waals surface area contributed by atoms with E-state index >= 15 is 0 Å². The van der Waals surface area contributed by atoms with Gasteiger partial charge in [0.25, 0.3) is 5.91 Å². The predicted molar refractivity (Wildman–Crippen MR) is 171 cm³/mol. The highest BCUT2D eigenvalue weighted by molar-refractivity contribution is 5.95. The lowest BCUT2D eigenvalue weighted by molar-refractivity contribution is -0.131. The molecule has 0 bridgehead atoms. The highest BCUT2D eigenvalue weighted by Crippen LogP contribution is 2.25. The Balaban J connectivity index is 1.18. The standard InChI is InChI=1S/C33H45N7O5/c1-5-21(3)37-30-15-24(16-31(38-30)39-9-11-40(12-10-39)32(42)6-2)33(43)35-18-28(41)27-14-23-7-8-26(13-25(23)17-34-27)44-19-29-22(4)36-20-45-29/h7-8,13,15-16,20-21,27-28,34,41H,5-6,9-12,14,17-19H2,1-4H3,(H,35,43)(H,37,38)/t21?,27?,28-/m1/s1. The molecule has 1 aromatic carbocycles. The molecule has 0 spiro atoms. The van der Waals surface area contributed by atoms with Gasteiger partial charge >= 0.3 is 0 Å². The first-order valence-corrected chi connectivity index (χ1v) is 15.9. The van der Waals surface area contributed by atoms with Crippen molar-refractivity contribution in [2.45, 2.75) is 78.3 Å². The molecule has 2 unspecified atom stereocenters. The van der Waals surface area contributed by atoms with Crippen LogP contribution in [0.3, 0.4) is 0 Å². The van der Waals surface area contributed by atoms with Crippen molar-refractivity contribution in [1.82, 2.24) is 25.5 Å². The van der Waals surface area contributed by atoms with E-state index in [1.807, 2.05) is 36.9 Å². The Kier molecular flexibility index (Phi) is 10.6. The number of pyridine rings is 1. The number of oxazole rings is 1. The monoisotopic (exact) mass is 619 g/mol. The molecule has 45 heavy (non-hydrogen) atoms. The summed E-state index contributed by atoms with van der Waals surface area (Å²) < 4.78 is 11.2. The van der Waals surface area contributed by atoms with E-state index in [0.29, 0.717) is 75.1 Å². The third-order valence-electron chi connectivity index (χ3n) is 8.66. The minimum absolute atomic E-state index is 0.104. The van der Waals surface area contributed by atoms with Crippen molar-refractivity contribution in [2.24, 2.45) is 0 Å². The smallest absolute Gasteiger partial charge is 0.251 e. The second-order valence-electron chi connectivity index (χ2n) is 11.8. The average Bonchev–Trinajstić information content (AvgIpc) is 3.49. The fourth-order valence-corrected chi connectivity index (χ4v) is 5.58. The molecule has 2 aliphatic rings. The van der Waals surface area contributed by atoms with Gasteiger partial charge in [0.05, 0.1) is 11.8 Å². The van der Waals surface area contributed by atoms with E-state index < -0.39 is 6.10 Å². The van der Waals surface area contributed by atoms with Crippen LogP contribution >= 0.6 is 0 Å². The molecular weight excluding hydrogens is 574 g/mol. The Morgan fingerprint density at radius 2 is 1.96 bits per heavy atom. The zero-order chi connectivity index (χ0) is 31.9. The number of hydrogen-bond donors (Lipinski definition) is 4. The maximum atomic E-state index is 13.4. The number of rotatable bonds is 12. The predicted octanol–water partition coefficient (Wildman–Crippen LogP) is 3.03. The first-order valence-electron chi connectivity index (χ1n) is 15.9. The second-order valence-corrected chi connectivity index (χ2v) is 11.8. The molecule has 3 atom stereocenters. The lowest BCUT2D eigenvalue weighted by Gasteiger charge is -2.35. The zero-order valence-corrected chi connectivity index (χ0v) is 26.6. The highest BCUT2D eigenvalue weighted by Gasteiger charge is 2.26. The van der Waals surface area contributed by atoms with Gasteiger partial charge in [-0.2, -0.15) is 0 Å². The average molecular weight is 620 g/mol. The van der Waals surface area contributed by atoms with Crippen molar-refractivity contribution in [3.05, 3.63) is 64.9 Å². The van der Waals surface area contributed by atoms with Gasteiger partial charge in [-0.15, -0.1) is 0 Å². The first-order chi connectivity index (χ1) is 21.7. The van der Waals surface area contributed by atoms with Gasteiger partial charge in [-0.3, -0.25) is 9.59 Å². The van der Waals surface area contributed by atoms with Crippen LogP contribution in [0.25, 0.3) is 0 Å². The van der Waals surface area contributed by atoms with Crippen molar-refractivity contribution in [3.8, 4) is 5.75 Å². The molecule has 4 heterocycles. The molecule has 242 valence electrons. The van der Waals surface area contributed by atoms with Crippen LogP contribution in [0, 0.1) is 6.92 Å². The SMILES string of the molecule is CCC(=O)N1CCN(c2cc(C(=O)NC[C@@H](O)C3Cc4ccc(OCc5ocnc5C)cc4CN3)cc(NC(C)CC)n2)CC1. The summed E-state index contributed by atoms with van der Waals surface area (Å²) in [5, 5.41) is 20.8. The number of aryl methyl sites for hydroxylation is 1. The summed E-state index contributed by atoms with van der Waals surface area (Å²) in [4.78, 5) is 38.4. The van der Waals surface area contributed by atoms with Crippen LogP contribution in [0.4, 0.5) is 11.6 Å². The van der Waals surface area contributed by atoms with Crippen LogP contribution in [0.15, 0.2) is 41.1 Å². The number of aliphatic hydroxyl groups excluding tert-OH is 1. The van der Waals surface area contributed by atoms with Crippen molar-refractivity contribution in [2.75, 3.05) is 42.9 Å². The van der Waals surface area contributed by atoms with E-state index in [0.717, 1.165) is 29.0 Å². The topological polar surface area (TPSA) is 145 Å². The molecule has 0 aliphatic carbocycles. The number of carbonyl (C=O) groups excluding carboxylic acids is 2. The van der Waals surface area contributed by atoms with Gasteiger partial charge in [0, 0.05) is 63.3 Å². The highest BCUT2D eigenvalue weighted by atomic mass is 16.5. The van der Waals surface area contributed by atoms with Gasteiger partial charge in [-0.05, 0) is 62.1 Å². The minimum Gasteiger partial charge on any atom is -0.486 e. The maximum Gasteiger partial charge on any atom is 0.251 e. The van der Waals surface area contributed by atoms with E-state index in [-0.39, 0.29) is 30.4 Å². The van der Waals surface area contributed by atoms with Crippen LogP contribution in [0.1, 0.15) is 66.6 Å². The van der Waals surface area contributed by atoms with Crippen LogP contribution in [0.5, 0.6) is 5.75 Å². The van der Waals surface area contributed by atoms with Gasteiger partial charge in [-0.25, -0.2) is 9.97 Å². The fraction of sp³-hybridized carbons (Fsp3) is 0.515. The van der Waals surface area contributed by atoms with Gasteiger partial charge in [0.15, 0.2) is 12.2 Å². The fourth-order valence-electron chi connectivity index (χ4n) is 5.58. The number of amides is 2. The molecule has 5 rings (SSSR count). The summed E-state index contributed by atoms with van der Waals surface area (Å²) in [5.41, 5.74) is 3.53. The van der Waals surface area contributed by atoms with E-state index in [4.69, 9.17) is 14.1 Å². The number of anilines is 2. The Morgan fingerprint density at radius 1 is 1.16 bits per heavy atom. The van der Waals surface area contributed by atoms with Crippen molar-refractivity contribution in [3.63, 3.8) is 0 Å². The number of aromatic nitrogens is 2. The number of fused-ring (bicyclic) bond motifs is 1. The van der Waals surface area contributed by atoms with Gasteiger partial charge in [-0.1, -0.05) is 19.9 Å². The number of carbonyl (C=O) groups is 2. The van der Waals surface area contributed by atoms with Crippen LogP contribution in [0.2, 0.25) is 0 Å². The second kappa shape index (κ2) is 14.7. The van der Waals surface area contributed by atoms with Gasteiger partial charge in [0.2, 0.25) is 5.91 Å². The molecular formula is C33H45N7O5. The molecule has 12 nitrogen and oxygen atoms in total. The largest absolute Gasteiger partial charge is 0.486 e. The molecule has 0 saturated carbocycles. The Hall–Kier alpha value is -4.16. The quantitative estimate of drug-likeness (QED) is 0.239. The number of nitrogens with zero attached hydrogens (tertiary/aromatic N) is 4. The number of nitrogens with one attached hydrogen (secondary N) is 3. The van der Waals surface area contributed by atoms with E-state index in [9.17, 15) is 14.7 Å². The Bertz CT molecular complexity index is 1470. The summed E-state index contributed by atoms with van der Waals surface area (Å²) in [6.07, 6.45) is 2.66. The van der Waals surface area contributed by atoms with Crippen molar-refractivity contribution < 1.29 is 23.8 Å². The van der Waals surface area contributed by atoms with Crippen molar-refractivity contribution >= 4 is 23.5 Å². The summed E-state index contributed by atoms with van der Waals surface area (Å²) in [6.45, 7) is 11.5. The molecule has 2 aliphatic heterocycles. The lowest BCUT2D eigenvalue weighted by atomic mass is 9.92. The summed E-state index contributed by atoms with van der Waals surface area (Å²) in [6, 6.07) is 9.48. The van der Waals surface area contributed by atoms with Gasteiger partial charge < -0.3 is 40.0 Å². The molecule has 1 fully saturated rings. The molecule has 2 amide bonds. The molecule has 2 aromatic heterocycles. The number of ether oxygens (including phenoxy) is 1. The van der Waals surface area contributed by atoms with Crippen LogP contribution in [-0.2, 0) is 24.4 Å². The number of hydrogen-bond acceptors (Lipinski definition) is 10. The molecule has 4 N–H and O–H groups in total. The summed E-state index contributed by atoms with van der Waals surface area (Å²) in [7, 11) is 0. The summed E-state index contributed by atoms with van der Waals surface area (Å²) >= 11 is 0. The number of benzene rings is 1. The molecule has 1 saturated heterocycles. The minimum atomic E-state index is -0.782. The van der Waals surface area contributed by atoms with E-state index in [1.165, 1.54) is 6.39 Å².